The largest absolute Gasteiger partial charge is 0.312 e. The highest BCUT2D eigenvalue weighted by molar-refractivity contribution is 5.94. The summed E-state index contributed by atoms with van der Waals surface area (Å²) in [6, 6.07) is 9.93. The number of allylic oxidation sites excluding steroid dienone is 3. The molecule has 0 saturated carbocycles. The maximum atomic E-state index is 12.5. The lowest BCUT2D eigenvalue weighted by Crippen LogP contribution is -2.35. The first-order chi connectivity index (χ1) is 9.70. The van der Waals surface area contributed by atoms with Crippen molar-refractivity contribution in [2.75, 3.05) is 11.4 Å². The Balaban J connectivity index is 2.72. The normalized spacial score (nSPS) is 12.3. The van der Waals surface area contributed by atoms with E-state index < -0.39 is 0 Å². The molecule has 1 amide bonds. The topological polar surface area (TPSA) is 20.3 Å². The highest BCUT2D eigenvalue weighted by Crippen LogP contribution is 2.18. The summed E-state index contributed by atoms with van der Waals surface area (Å²) in [5.41, 5.74) is 0.991. The molecule has 0 fully saturated rings. The zero-order valence-electron chi connectivity index (χ0n) is 12.6. The van der Waals surface area contributed by atoms with Crippen LogP contribution in [-0.2, 0) is 4.79 Å². The fourth-order valence-electron chi connectivity index (χ4n) is 1.97. The van der Waals surface area contributed by atoms with Gasteiger partial charge in [-0.15, -0.1) is 0 Å². The van der Waals surface area contributed by atoms with Crippen LogP contribution in [0.3, 0.4) is 0 Å². The molecule has 0 saturated heterocycles. The molecule has 0 aliphatic rings. The van der Waals surface area contributed by atoms with E-state index in [2.05, 4.69) is 19.6 Å². The summed E-state index contributed by atoms with van der Waals surface area (Å²) in [6.45, 7) is 8.46. The Bertz CT molecular complexity index is 436. The predicted molar refractivity (Wildman–Crippen MR) is 86.8 cm³/mol. The van der Waals surface area contributed by atoms with Crippen molar-refractivity contribution in [1.82, 2.24) is 0 Å². The number of hydrogen-bond acceptors (Lipinski definition) is 1. The monoisotopic (exact) mass is 271 g/mol. The van der Waals surface area contributed by atoms with Gasteiger partial charge in [0, 0.05) is 18.2 Å². The van der Waals surface area contributed by atoms with Gasteiger partial charge in [0.15, 0.2) is 0 Å². The lowest BCUT2D eigenvalue weighted by molar-refractivity contribution is -0.122. The minimum absolute atomic E-state index is 0.0684. The van der Waals surface area contributed by atoms with Crippen LogP contribution in [-0.4, -0.2) is 12.5 Å². The third-order valence-electron chi connectivity index (χ3n) is 3.39. The van der Waals surface area contributed by atoms with Crippen LogP contribution >= 0.6 is 0 Å². The van der Waals surface area contributed by atoms with Crippen molar-refractivity contribution < 1.29 is 4.79 Å². The van der Waals surface area contributed by atoms with E-state index in [1.807, 2.05) is 48.2 Å². The molecule has 20 heavy (non-hydrogen) atoms. The Morgan fingerprint density at radius 3 is 2.65 bits per heavy atom. The maximum absolute atomic E-state index is 12.5. The zero-order chi connectivity index (χ0) is 14.8. The van der Waals surface area contributed by atoms with Crippen LogP contribution in [0.25, 0.3) is 0 Å². The third-order valence-corrected chi connectivity index (χ3v) is 3.39. The number of amides is 1. The number of para-hydroxylation sites is 1. The number of benzene rings is 1. The van der Waals surface area contributed by atoms with Crippen molar-refractivity contribution >= 4 is 11.6 Å². The molecule has 1 aromatic rings. The molecule has 108 valence electrons. The summed E-state index contributed by atoms with van der Waals surface area (Å²) >= 11 is 0. The molecule has 1 unspecified atom stereocenters. The number of anilines is 1. The van der Waals surface area contributed by atoms with Gasteiger partial charge in [-0.05, 0) is 31.4 Å². The predicted octanol–water partition coefficient (Wildman–Crippen LogP) is 4.59. The van der Waals surface area contributed by atoms with E-state index in [1.54, 1.807) is 6.08 Å². The summed E-state index contributed by atoms with van der Waals surface area (Å²) in [5.74, 6) is 0.283. The van der Waals surface area contributed by atoms with E-state index in [1.165, 1.54) is 0 Å². The Labute approximate surface area is 122 Å². The van der Waals surface area contributed by atoms with Gasteiger partial charge in [-0.1, -0.05) is 56.9 Å². The molecule has 0 bridgehead atoms. The fourth-order valence-corrected chi connectivity index (χ4v) is 1.97. The van der Waals surface area contributed by atoms with E-state index in [4.69, 9.17) is 0 Å². The second kappa shape index (κ2) is 9.13. The second-order valence-electron chi connectivity index (χ2n) is 4.94. The van der Waals surface area contributed by atoms with Gasteiger partial charge in [-0.2, -0.15) is 0 Å². The van der Waals surface area contributed by atoms with E-state index in [0.717, 1.165) is 31.5 Å². The molecule has 0 heterocycles. The van der Waals surface area contributed by atoms with Crippen LogP contribution in [0.1, 0.15) is 33.1 Å². The standard InChI is InChI=1S/C18H25NO/c1-4-6-7-8-12-15-19(18(20)16(3)5-2)17-13-10-9-11-14-17/h4,6-7,9-11,13-14,16H,1,5,8,12,15H2,2-3H3/b7-6+. The van der Waals surface area contributed by atoms with E-state index in [0.29, 0.717) is 0 Å². The van der Waals surface area contributed by atoms with Crippen LogP contribution in [0.4, 0.5) is 5.69 Å². The first kappa shape index (κ1) is 16.2. The molecule has 0 aliphatic carbocycles. The average Bonchev–Trinajstić information content (AvgIpc) is 2.50. The van der Waals surface area contributed by atoms with Crippen molar-refractivity contribution in [2.45, 2.75) is 33.1 Å². The highest BCUT2D eigenvalue weighted by Gasteiger charge is 2.19. The van der Waals surface area contributed by atoms with Gasteiger partial charge in [-0.3, -0.25) is 4.79 Å². The Kier molecular flexibility index (Phi) is 7.41. The van der Waals surface area contributed by atoms with Crippen molar-refractivity contribution in [1.29, 1.82) is 0 Å². The zero-order valence-corrected chi connectivity index (χ0v) is 12.6. The molecule has 2 heteroatoms. The molecule has 0 aromatic heterocycles. The minimum atomic E-state index is 0.0684. The lowest BCUT2D eigenvalue weighted by Gasteiger charge is -2.25. The Hall–Kier alpha value is -1.83. The first-order valence-electron chi connectivity index (χ1n) is 7.34. The highest BCUT2D eigenvalue weighted by atomic mass is 16.2. The summed E-state index contributed by atoms with van der Waals surface area (Å²) in [7, 11) is 0. The molecule has 0 spiro atoms. The van der Waals surface area contributed by atoms with Gasteiger partial charge in [0.2, 0.25) is 5.91 Å². The molecule has 1 aromatic carbocycles. The van der Waals surface area contributed by atoms with Crippen LogP contribution in [0.15, 0.2) is 55.1 Å². The SMILES string of the molecule is C=C/C=C/CCCN(C(=O)C(C)CC)c1ccccc1. The number of unbranched alkanes of at least 4 members (excludes halogenated alkanes) is 1. The first-order valence-corrected chi connectivity index (χ1v) is 7.34. The van der Waals surface area contributed by atoms with Crippen LogP contribution < -0.4 is 4.90 Å². The third kappa shape index (κ3) is 5.04. The lowest BCUT2D eigenvalue weighted by atomic mass is 10.1. The van der Waals surface area contributed by atoms with E-state index in [-0.39, 0.29) is 11.8 Å². The molecular weight excluding hydrogens is 246 g/mol. The van der Waals surface area contributed by atoms with Gasteiger partial charge in [-0.25, -0.2) is 0 Å². The van der Waals surface area contributed by atoms with Crippen LogP contribution in [0, 0.1) is 5.92 Å². The van der Waals surface area contributed by atoms with Gasteiger partial charge in [0.05, 0.1) is 0 Å². The minimum Gasteiger partial charge on any atom is -0.312 e. The smallest absolute Gasteiger partial charge is 0.229 e. The molecular formula is C18H25NO. The summed E-state index contributed by atoms with van der Waals surface area (Å²) in [6.07, 6.45) is 8.61. The summed E-state index contributed by atoms with van der Waals surface area (Å²) < 4.78 is 0. The molecule has 0 aliphatic heterocycles. The number of hydrogen-bond donors (Lipinski definition) is 0. The molecule has 2 nitrogen and oxygen atoms in total. The van der Waals surface area contributed by atoms with Gasteiger partial charge < -0.3 is 4.90 Å². The van der Waals surface area contributed by atoms with Gasteiger partial charge in [0.1, 0.15) is 0 Å². The summed E-state index contributed by atoms with van der Waals surface area (Å²) in [5, 5.41) is 0. The number of carbonyl (C=O) groups is 1. The quantitative estimate of drug-likeness (QED) is 0.500. The Morgan fingerprint density at radius 2 is 2.05 bits per heavy atom. The molecule has 1 atom stereocenters. The molecule has 1 rings (SSSR count). The number of nitrogens with zero attached hydrogens (tertiary/aromatic N) is 1. The van der Waals surface area contributed by atoms with Crippen molar-refractivity contribution in [3.05, 3.63) is 55.1 Å². The fraction of sp³-hybridized carbons (Fsp3) is 0.389. The second-order valence-corrected chi connectivity index (χ2v) is 4.94. The average molecular weight is 271 g/mol. The summed E-state index contributed by atoms with van der Waals surface area (Å²) in [4.78, 5) is 14.4. The van der Waals surface area contributed by atoms with Gasteiger partial charge in [0.25, 0.3) is 0 Å². The van der Waals surface area contributed by atoms with Crippen molar-refractivity contribution in [3.8, 4) is 0 Å². The number of rotatable bonds is 8. The van der Waals surface area contributed by atoms with E-state index in [9.17, 15) is 4.79 Å². The Morgan fingerprint density at radius 1 is 1.35 bits per heavy atom. The van der Waals surface area contributed by atoms with Crippen LogP contribution in [0.2, 0.25) is 0 Å². The number of carbonyl (C=O) groups excluding carboxylic acids is 1. The van der Waals surface area contributed by atoms with Gasteiger partial charge >= 0.3 is 0 Å². The molecule has 0 N–H and O–H groups in total. The van der Waals surface area contributed by atoms with Crippen molar-refractivity contribution in [3.63, 3.8) is 0 Å². The van der Waals surface area contributed by atoms with Crippen LogP contribution in [0.5, 0.6) is 0 Å². The van der Waals surface area contributed by atoms with E-state index >= 15 is 0 Å². The maximum Gasteiger partial charge on any atom is 0.229 e. The molecule has 0 radical (unpaired) electrons. The van der Waals surface area contributed by atoms with Crippen molar-refractivity contribution in [2.24, 2.45) is 5.92 Å².